The van der Waals surface area contributed by atoms with Crippen LogP contribution < -0.4 is 5.32 Å². The van der Waals surface area contributed by atoms with Crippen LogP contribution in [0.5, 0.6) is 0 Å². The number of ether oxygens (including phenoxy) is 1. The van der Waals surface area contributed by atoms with Gasteiger partial charge < -0.3 is 15.0 Å². The van der Waals surface area contributed by atoms with Crippen LogP contribution in [0.25, 0.3) is 0 Å². The number of thiophene rings is 1. The van der Waals surface area contributed by atoms with Crippen LogP contribution in [0.2, 0.25) is 0 Å². The minimum Gasteiger partial charge on any atom is -0.369 e. The van der Waals surface area contributed by atoms with Gasteiger partial charge in [0.1, 0.15) is 6.10 Å². The molecular formula is C15H24N2O3S2. The van der Waals surface area contributed by atoms with E-state index >= 15 is 0 Å². The van der Waals surface area contributed by atoms with Gasteiger partial charge in [0.25, 0.3) is 0 Å². The van der Waals surface area contributed by atoms with Crippen LogP contribution in [0.1, 0.15) is 31.8 Å². The average molecular weight is 345 g/mol. The molecule has 1 saturated heterocycles. The second kappa shape index (κ2) is 7.57. The van der Waals surface area contributed by atoms with Crippen molar-refractivity contribution in [3.63, 3.8) is 0 Å². The van der Waals surface area contributed by atoms with Crippen LogP contribution in [-0.4, -0.2) is 51.9 Å². The number of carbonyl (C=O) groups excluding carboxylic acids is 1. The first-order chi connectivity index (χ1) is 10.4. The largest absolute Gasteiger partial charge is 0.369 e. The van der Waals surface area contributed by atoms with E-state index in [1.165, 1.54) is 0 Å². The summed E-state index contributed by atoms with van der Waals surface area (Å²) in [6.45, 7) is 7.97. The van der Waals surface area contributed by atoms with E-state index in [-0.39, 0.29) is 16.9 Å². The van der Waals surface area contributed by atoms with Crippen molar-refractivity contribution in [2.24, 2.45) is 0 Å². The van der Waals surface area contributed by atoms with Crippen LogP contribution in [-0.2, 0) is 15.5 Å². The highest BCUT2D eigenvalue weighted by Gasteiger charge is 2.26. The van der Waals surface area contributed by atoms with Gasteiger partial charge in [-0.25, -0.2) is 4.79 Å². The van der Waals surface area contributed by atoms with Gasteiger partial charge >= 0.3 is 6.03 Å². The first-order valence-corrected chi connectivity index (χ1v) is 9.64. The van der Waals surface area contributed by atoms with Gasteiger partial charge in [0.05, 0.1) is 13.2 Å². The molecule has 0 saturated carbocycles. The maximum Gasteiger partial charge on any atom is 0.317 e. The second-order valence-electron chi connectivity index (χ2n) is 6.21. The molecule has 2 atom stereocenters. The molecule has 2 amide bonds. The smallest absolute Gasteiger partial charge is 0.317 e. The summed E-state index contributed by atoms with van der Waals surface area (Å²) >= 11 is 1.64. The minimum atomic E-state index is -0.946. The first kappa shape index (κ1) is 17.4. The maximum atomic E-state index is 12.2. The molecule has 5 nitrogen and oxygen atoms in total. The average Bonchev–Trinajstić information content (AvgIpc) is 3.00. The summed E-state index contributed by atoms with van der Waals surface area (Å²) in [4.78, 5) is 15.1. The molecule has 7 heteroatoms. The van der Waals surface area contributed by atoms with Crippen molar-refractivity contribution < 1.29 is 13.7 Å². The number of hydrogen-bond donors (Lipinski definition) is 1. The third-order valence-electron chi connectivity index (χ3n) is 3.46. The van der Waals surface area contributed by atoms with Gasteiger partial charge in [-0.1, -0.05) is 6.07 Å². The van der Waals surface area contributed by atoms with E-state index in [2.05, 4.69) is 5.32 Å². The van der Waals surface area contributed by atoms with Crippen molar-refractivity contribution in [1.29, 1.82) is 0 Å². The van der Waals surface area contributed by atoms with Crippen LogP contribution >= 0.6 is 11.3 Å². The van der Waals surface area contributed by atoms with Gasteiger partial charge in [-0.2, -0.15) is 0 Å². The highest BCUT2D eigenvalue weighted by atomic mass is 32.2. The number of nitrogens with one attached hydrogen (secondary N) is 1. The van der Waals surface area contributed by atoms with Gasteiger partial charge in [-0.3, -0.25) is 4.21 Å². The third-order valence-corrected chi connectivity index (χ3v) is 6.37. The van der Waals surface area contributed by atoms with Crippen LogP contribution in [0.3, 0.4) is 0 Å². The summed E-state index contributed by atoms with van der Waals surface area (Å²) in [6, 6.07) is 3.92. The lowest BCUT2D eigenvalue weighted by atomic mass is 10.2. The standard InChI is InChI=1S/C15H24N2O3S2/c1-15(2,3)22(19)10-6-16-14(18)17-7-8-20-12(11-17)13-5-4-9-21-13/h4-5,9,12H,6-8,10-11H2,1-3H3,(H,16,18)/t12-,22-/m1/s1. The summed E-state index contributed by atoms with van der Waals surface area (Å²) in [6.07, 6.45) is -0.0387. The Morgan fingerprint density at radius 1 is 1.55 bits per heavy atom. The van der Waals surface area contributed by atoms with Crippen molar-refractivity contribution in [1.82, 2.24) is 10.2 Å². The Morgan fingerprint density at radius 2 is 2.32 bits per heavy atom. The topological polar surface area (TPSA) is 58.6 Å². The molecule has 0 unspecified atom stereocenters. The van der Waals surface area contributed by atoms with Crippen LogP contribution in [0, 0.1) is 0 Å². The molecular weight excluding hydrogens is 320 g/mol. The van der Waals surface area contributed by atoms with Crippen molar-refractivity contribution in [2.75, 3.05) is 32.0 Å². The molecule has 0 radical (unpaired) electrons. The van der Waals surface area contributed by atoms with Crippen molar-refractivity contribution >= 4 is 28.2 Å². The van der Waals surface area contributed by atoms with E-state index in [9.17, 15) is 9.00 Å². The van der Waals surface area contributed by atoms with Gasteiger partial charge in [-0.05, 0) is 32.2 Å². The predicted molar refractivity (Wildman–Crippen MR) is 90.7 cm³/mol. The van der Waals surface area contributed by atoms with Gasteiger partial charge in [0, 0.05) is 39.3 Å². The summed E-state index contributed by atoms with van der Waals surface area (Å²) < 4.78 is 17.4. The van der Waals surface area contributed by atoms with E-state index in [4.69, 9.17) is 4.74 Å². The number of rotatable bonds is 4. The Morgan fingerprint density at radius 3 is 2.95 bits per heavy atom. The molecule has 0 spiro atoms. The quantitative estimate of drug-likeness (QED) is 0.912. The van der Waals surface area contributed by atoms with Crippen LogP contribution in [0.15, 0.2) is 17.5 Å². The molecule has 1 fully saturated rings. The zero-order valence-corrected chi connectivity index (χ0v) is 15.0. The van der Waals surface area contributed by atoms with Gasteiger partial charge in [-0.15, -0.1) is 11.3 Å². The molecule has 1 aliphatic rings. The van der Waals surface area contributed by atoms with E-state index in [0.717, 1.165) is 4.88 Å². The fourth-order valence-corrected chi connectivity index (χ4v) is 3.81. The molecule has 1 N–H and O–H groups in total. The minimum absolute atomic E-state index is 0.0387. The fourth-order valence-electron chi connectivity index (χ4n) is 2.15. The summed E-state index contributed by atoms with van der Waals surface area (Å²) in [5, 5.41) is 4.88. The molecule has 0 aromatic carbocycles. The number of hydrogen-bond acceptors (Lipinski definition) is 4. The summed E-state index contributed by atoms with van der Waals surface area (Å²) in [7, 11) is -0.946. The molecule has 22 heavy (non-hydrogen) atoms. The highest BCUT2D eigenvalue weighted by molar-refractivity contribution is 7.86. The number of amides is 2. The number of carbonyl (C=O) groups is 1. The zero-order valence-electron chi connectivity index (χ0n) is 13.3. The lowest BCUT2D eigenvalue weighted by molar-refractivity contribution is -0.0134. The molecule has 1 aromatic rings. The van der Waals surface area contributed by atoms with Crippen LogP contribution in [0.4, 0.5) is 4.79 Å². The second-order valence-corrected chi connectivity index (χ2v) is 9.52. The summed E-state index contributed by atoms with van der Waals surface area (Å²) in [5.41, 5.74) is 0. The monoisotopic (exact) mass is 344 g/mol. The third kappa shape index (κ3) is 4.79. The van der Waals surface area contributed by atoms with E-state index < -0.39 is 10.8 Å². The lowest BCUT2D eigenvalue weighted by Crippen LogP contribution is -2.48. The number of morpholine rings is 1. The molecule has 0 aliphatic carbocycles. The normalized spacial score (nSPS) is 20.7. The molecule has 124 valence electrons. The first-order valence-electron chi connectivity index (χ1n) is 7.44. The molecule has 1 aromatic heterocycles. The zero-order chi connectivity index (χ0) is 16.2. The SMILES string of the molecule is CC(C)(C)[S@](=O)CCNC(=O)N1CCO[C@@H](c2cccs2)C1. The number of nitrogens with zero attached hydrogens (tertiary/aromatic N) is 1. The Labute approximate surface area is 138 Å². The Hall–Kier alpha value is -0.920. The summed E-state index contributed by atoms with van der Waals surface area (Å²) in [5.74, 6) is 0.480. The number of urea groups is 1. The molecule has 1 aliphatic heterocycles. The maximum absolute atomic E-state index is 12.2. The molecule has 2 heterocycles. The van der Waals surface area contributed by atoms with Gasteiger partial charge in [0.15, 0.2) is 0 Å². The van der Waals surface area contributed by atoms with Crippen molar-refractivity contribution in [2.45, 2.75) is 31.6 Å². The van der Waals surface area contributed by atoms with Crippen molar-refractivity contribution in [3.8, 4) is 0 Å². The van der Waals surface area contributed by atoms with Gasteiger partial charge in [0.2, 0.25) is 0 Å². The Kier molecular flexibility index (Phi) is 6.00. The molecule has 0 bridgehead atoms. The highest BCUT2D eigenvalue weighted by Crippen LogP contribution is 2.25. The lowest BCUT2D eigenvalue weighted by Gasteiger charge is -2.32. The van der Waals surface area contributed by atoms with E-state index in [1.54, 1.807) is 16.2 Å². The van der Waals surface area contributed by atoms with E-state index in [1.807, 2.05) is 38.3 Å². The van der Waals surface area contributed by atoms with Crippen molar-refractivity contribution in [3.05, 3.63) is 22.4 Å². The van der Waals surface area contributed by atoms with E-state index in [0.29, 0.717) is 32.0 Å². The Bertz CT molecular complexity index is 511. The fraction of sp³-hybridized carbons (Fsp3) is 0.667. The molecule has 2 rings (SSSR count). The predicted octanol–water partition coefficient (Wildman–Crippen LogP) is 2.38. The Balaban J connectivity index is 1.79.